The van der Waals surface area contributed by atoms with Gasteiger partial charge in [-0.05, 0) is 67.0 Å². The summed E-state index contributed by atoms with van der Waals surface area (Å²) >= 11 is 0. The van der Waals surface area contributed by atoms with Gasteiger partial charge in [0, 0.05) is 27.7 Å². The van der Waals surface area contributed by atoms with E-state index in [1.54, 1.807) is 0 Å². The molecule has 160 valence electrons. The van der Waals surface area contributed by atoms with Crippen molar-refractivity contribution in [3.8, 4) is 0 Å². The first-order valence-electron chi connectivity index (χ1n) is 11.3. The van der Waals surface area contributed by atoms with Gasteiger partial charge >= 0.3 is 0 Å². The van der Waals surface area contributed by atoms with Gasteiger partial charge in [-0.2, -0.15) is 0 Å². The standard InChI is InChI=1S/C27H31N3O/c1-26(2,3)24-23(28)21-16-20(11-12-22(21)30-24)29-25(31)27(13-14-27)19-10-9-17-7-5-4-6-8-18(17)15-19/h5,7,9-12,15-16,30H,4,6,8,13-14,28H2,1-3H3,(H,29,31). The Morgan fingerprint density at radius 2 is 1.94 bits per heavy atom. The van der Waals surface area contributed by atoms with Crippen LogP contribution in [0.15, 0.2) is 42.5 Å². The Morgan fingerprint density at radius 1 is 1.13 bits per heavy atom. The van der Waals surface area contributed by atoms with Crippen LogP contribution in [-0.4, -0.2) is 10.9 Å². The van der Waals surface area contributed by atoms with E-state index in [1.807, 2.05) is 18.2 Å². The Kier molecular flexibility index (Phi) is 4.51. The van der Waals surface area contributed by atoms with Crippen molar-refractivity contribution >= 4 is 34.3 Å². The number of aromatic nitrogens is 1. The van der Waals surface area contributed by atoms with Gasteiger partial charge in [0.25, 0.3) is 0 Å². The van der Waals surface area contributed by atoms with E-state index in [-0.39, 0.29) is 11.3 Å². The summed E-state index contributed by atoms with van der Waals surface area (Å²) in [6.07, 6.45) is 9.63. The van der Waals surface area contributed by atoms with Crippen LogP contribution in [0, 0.1) is 0 Å². The highest BCUT2D eigenvalue weighted by Crippen LogP contribution is 2.49. The highest BCUT2D eigenvalue weighted by Gasteiger charge is 2.51. The Hall–Kier alpha value is -3.01. The molecule has 4 N–H and O–H groups in total. The lowest BCUT2D eigenvalue weighted by atomic mass is 9.90. The van der Waals surface area contributed by atoms with Crippen LogP contribution < -0.4 is 11.1 Å². The van der Waals surface area contributed by atoms with E-state index in [4.69, 9.17) is 5.73 Å². The molecule has 3 aromatic rings. The molecule has 0 bridgehead atoms. The summed E-state index contributed by atoms with van der Waals surface area (Å²) in [5.41, 5.74) is 13.4. The van der Waals surface area contributed by atoms with Gasteiger partial charge in [-0.1, -0.05) is 51.1 Å². The molecular formula is C27H31N3O. The minimum Gasteiger partial charge on any atom is -0.397 e. The number of carbonyl (C=O) groups excluding carboxylic acids is 1. The van der Waals surface area contributed by atoms with Crippen molar-refractivity contribution in [1.29, 1.82) is 0 Å². The average molecular weight is 414 g/mol. The monoisotopic (exact) mass is 413 g/mol. The third kappa shape index (κ3) is 3.44. The van der Waals surface area contributed by atoms with Gasteiger partial charge in [0.2, 0.25) is 5.91 Å². The number of H-pyrrole nitrogens is 1. The number of hydrogen-bond donors (Lipinski definition) is 3. The number of benzene rings is 2. The Labute approximate surface area is 183 Å². The van der Waals surface area contributed by atoms with Gasteiger partial charge in [0.1, 0.15) is 0 Å². The van der Waals surface area contributed by atoms with Crippen LogP contribution in [0.3, 0.4) is 0 Å². The van der Waals surface area contributed by atoms with Crippen molar-refractivity contribution in [2.75, 3.05) is 11.1 Å². The number of allylic oxidation sites excluding steroid dienone is 1. The molecule has 0 atom stereocenters. The minimum absolute atomic E-state index is 0.0644. The lowest BCUT2D eigenvalue weighted by Gasteiger charge is -2.18. The molecule has 1 heterocycles. The number of rotatable bonds is 3. The molecular weight excluding hydrogens is 382 g/mol. The number of fused-ring (bicyclic) bond motifs is 2. The van der Waals surface area contributed by atoms with E-state index in [0.29, 0.717) is 0 Å². The van der Waals surface area contributed by atoms with E-state index in [0.717, 1.165) is 59.2 Å². The second kappa shape index (κ2) is 7.01. The Balaban J connectivity index is 1.42. The normalized spacial score (nSPS) is 17.3. The molecule has 2 aliphatic carbocycles. The molecule has 0 saturated heterocycles. The van der Waals surface area contributed by atoms with Crippen LogP contribution in [0.25, 0.3) is 17.0 Å². The fourth-order valence-corrected chi connectivity index (χ4v) is 4.81. The molecule has 1 amide bonds. The summed E-state index contributed by atoms with van der Waals surface area (Å²) in [6.45, 7) is 6.43. The third-order valence-electron chi connectivity index (χ3n) is 6.84. The molecule has 31 heavy (non-hydrogen) atoms. The van der Waals surface area contributed by atoms with Crippen molar-refractivity contribution in [3.05, 3.63) is 64.9 Å². The molecule has 1 aromatic heterocycles. The first-order chi connectivity index (χ1) is 14.8. The van der Waals surface area contributed by atoms with Gasteiger partial charge < -0.3 is 16.0 Å². The number of carbonyl (C=O) groups is 1. The molecule has 4 nitrogen and oxygen atoms in total. The second-order valence-electron chi connectivity index (χ2n) is 10.2. The van der Waals surface area contributed by atoms with E-state index < -0.39 is 5.41 Å². The van der Waals surface area contributed by atoms with Crippen molar-refractivity contribution in [2.45, 2.75) is 63.7 Å². The lowest BCUT2D eigenvalue weighted by Crippen LogP contribution is -2.28. The number of nitrogen functional groups attached to an aromatic ring is 1. The highest BCUT2D eigenvalue weighted by atomic mass is 16.2. The predicted molar refractivity (Wildman–Crippen MR) is 129 cm³/mol. The van der Waals surface area contributed by atoms with Gasteiger partial charge in [-0.25, -0.2) is 0 Å². The molecule has 4 heteroatoms. The zero-order valence-electron chi connectivity index (χ0n) is 18.6. The van der Waals surface area contributed by atoms with E-state index in [1.165, 1.54) is 17.5 Å². The summed E-state index contributed by atoms with van der Waals surface area (Å²) in [5, 5.41) is 4.14. The first kappa shape index (κ1) is 19.9. The first-order valence-corrected chi connectivity index (χ1v) is 11.3. The topological polar surface area (TPSA) is 70.9 Å². The van der Waals surface area contributed by atoms with Gasteiger partial charge in [-0.3, -0.25) is 4.79 Å². The molecule has 1 fully saturated rings. The minimum atomic E-state index is -0.403. The summed E-state index contributed by atoms with van der Waals surface area (Å²) in [6, 6.07) is 12.5. The molecule has 0 aliphatic heterocycles. The summed E-state index contributed by atoms with van der Waals surface area (Å²) < 4.78 is 0. The van der Waals surface area contributed by atoms with Gasteiger partial charge in [0.15, 0.2) is 0 Å². The predicted octanol–water partition coefficient (Wildman–Crippen LogP) is 6.07. The molecule has 0 spiro atoms. The maximum absolute atomic E-state index is 13.4. The summed E-state index contributed by atoms with van der Waals surface area (Å²) in [7, 11) is 0. The van der Waals surface area contributed by atoms with Crippen LogP contribution in [0.5, 0.6) is 0 Å². The average Bonchev–Trinajstić information content (AvgIpc) is 3.50. The molecule has 1 saturated carbocycles. The SMILES string of the molecule is CC(C)(C)c1[nH]c2ccc(NC(=O)C3(c4ccc5c(c4)CCCC=C5)CC3)cc2c1N. The second-order valence-corrected chi connectivity index (χ2v) is 10.2. The number of hydrogen-bond acceptors (Lipinski definition) is 2. The zero-order chi connectivity index (χ0) is 21.8. The van der Waals surface area contributed by atoms with Crippen LogP contribution >= 0.6 is 0 Å². The number of aryl methyl sites for hydroxylation is 1. The van der Waals surface area contributed by atoms with Crippen LogP contribution in [0.1, 0.15) is 68.8 Å². The molecule has 2 aliphatic rings. The number of amides is 1. The van der Waals surface area contributed by atoms with Crippen LogP contribution in [0.4, 0.5) is 11.4 Å². The zero-order valence-corrected chi connectivity index (χ0v) is 18.6. The fraction of sp³-hybridized carbons (Fsp3) is 0.370. The molecule has 0 unspecified atom stereocenters. The number of anilines is 2. The number of nitrogens with one attached hydrogen (secondary N) is 2. The highest BCUT2D eigenvalue weighted by molar-refractivity contribution is 6.04. The summed E-state index contributed by atoms with van der Waals surface area (Å²) in [5.74, 6) is 0.0844. The van der Waals surface area contributed by atoms with E-state index >= 15 is 0 Å². The Bertz CT molecular complexity index is 1210. The van der Waals surface area contributed by atoms with Crippen molar-refractivity contribution in [2.24, 2.45) is 0 Å². The number of aromatic amines is 1. The Morgan fingerprint density at radius 3 is 2.68 bits per heavy atom. The molecule has 2 aromatic carbocycles. The lowest BCUT2D eigenvalue weighted by molar-refractivity contribution is -0.118. The van der Waals surface area contributed by atoms with Crippen LogP contribution in [0.2, 0.25) is 0 Å². The van der Waals surface area contributed by atoms with Crippen LogP contribution in [-0.2, 0) is 22.0 Å². The van der Waals surface area contributed by atoms with Crippen molar-refractivity contribution in [1.82, 2.24) is 4.98 Å². The van der Waals surface area contributed by atoms with E-state index in [2.05, 4.69) is 61.4 Å². The van der Waals surface area contributed by atoms with Gasteiger partial charge in [0.05, 0.1) is 11.1 Å². The maximum Gasteiger partial charge on any atom is 0.235 e. The maximum atomic E-state index is 13.4. The molecule has 5 rings (SSSR count). The largest absolute Gasteiger partial charge is 0.397 e. The summed E-state index contributed by atoms with van der Waals surface area (Å²) in [4.78, 5) is 16.8. The number of nitrogens with two attached hydrogens (primary N) is 1. The van der Waals surface area contributed by atoms with Crippen molar-refractivity contribution in [3.63, 3.8) is 0 Å². The quantitative estimate of drug-likeness (QED) is 0.488. The van der Waals surface area contributed by atoms with Gasteiger partial charge in [-0.15, -0.1) is 0 Å². The molecule has 0 radical (unpaired) electrons. The third-order valence-corrected chi connectivity index (χ3v) is 6.84. The van der Waals surface area contributed by atoms with E-state index in [9.17, 15) is 4.79 Å². The van der Waals surface area contributed by atoms with Crippen molar-refractivity contribution < 1.29 is 4.79 Å². The fourth-order valence-electron chi connectivity index (χ4n) is 4.81. The smallest absolute Gasteiger partial charge is 0.235 e.